The van der Waals surface area contributed by atoms with Crippen molar-refractivity contribution in [3.63, 3.8) is 0 Å². The fourth-order valence-corrected chi connectivity index (χ4v) is 3.03. The Hall–Kier alpha value is -1.75. The fraction of sp³-hybridized carbons (Fsp3) is 0.235. The highest BCUT2D eigenvalue weighted by molar-refractivity contribution is 6.37. The van der Waals surface area contributed by atoms with E-state index < -0.39 is 0 Å². The summed E-state index contributed by atoms with van der Waals surface area (Å²) in [6, 6.07) is 12.5. The third-order valence-corrected chi connectivity index (χ3v) is 4.43. The van der Waals surface area contributed by atoms with Crippen molar-refractivity contribution in [2.45, 2.75) is 0 Å². The second-order valence-corrected chi connectivity index (χ2v) is 6.15. The maximum Gasteiger partial charge on any atom is 0.257 e. The molecule has 1 heterocycles. The van der Waals surface area contributed by atoms with Crippen LogP contribution in [-0.4, -0.2) is 32.1 Å². The summed E-state index contributed by atoms with van der Waals surface area (Å²) in [6.07, 6.45) is 0. The van der Waals surface area contributed by atoms with Crippen LogP contribution in [0.4, 0.5) is 11.4 Å². The number of halogens is 2. The number of hydrogen-bond donors (Lipinski definition) is 2. The van der Waals surface area contributed by atoms with Gasteiger partial charge < -0.3 is 15.5 Å². The van der Waals surface area contributed by atoms with Gasteiger partial charge in [-0.3, -0.25) is 4.79 Å². The first-order chi connectivity index (χ1) is 11.1. The first kappa shape index (κ1) is 16.1. The van der Waals surface area contributed by atoms with Gasteiger partial charge in [0.25, 0.3) is 5.91 Å². The van der Waals surface area contributed by atoms with E-state index in [0.29, 0.717) is 21.3 Å². The molecule has 1 aliphatic rings. The lowest BCUT2D eigenvalue weighted by Gasteiger charge is -2.30. The van der Waals surface area contributed by atoms with Crippen molar-refractivity contribution >= 4 is 40.5 Å². The fourth-order valence-electron chi connectivity index (χ4n) is 2.58. The van der Waals surface area contributed by atoms with Crippen molar-refractivity contribution in [2.75, 3.05) is 36.4 Å². The number of piperazine rings is 1. The van der Waals surface area contributed by atoms with Gasteiger partial charge >= 0.3 is 0 Å². The summed E-state index contributed by atoms with van der Waals surface area (Å²) in [5, 5.41) is 7.26. The van der Waals surface area contributed by atoms with Crippen molar-refractivity contribution in [1.82, 2.24) is 5.32 Å². The highest BCUT2D eigenvalue weighted by Crippen LogP contribution is 2.30. The SMILES string of the molecule is O=C(Nc1ccc(Cl)cc1)c1cccc(N2CCNCC2)c1Cl. The number of nitrogens with one attached hydrogen (secondary N) is 2. The molecule has 0 unspecified atom stereocenters. The molecule has 2 aromatic rings. The van der Waals surface area contributed by atoms with E-state index in [4.69, 9.17) is 23.2 Å². The first-order valence-electron chi connectivity index (χ1n) is 7.46. The smallest absolute Gasteiger partial charge is 0.257 e. The molecule has 2 N–H and O–H groups in total. The van der Waals surface area contributed by atoms with E-state index in [0.717, 1.165) is 31.9 Å². The van der Waals surface area contributed by atoms with E-state index >= 15 is 0 Å². The molecule has 1 amide bonds. The second-order valence-electron chi connectivity index (χ2n) is 5.34. The Morgan fingerprint density at radius 3 is 2.43 bits per heavy atom. The molecule has 0 spiro atoms. The van der Waals surface area contributed by atoms with E-state index in [-0.39, 0.29) is 5.91 Å². The Balaban J connectivity index is 1.81. The number of anilines is 2. The van der Waals surface area contributed by atoms with Gasteiger partial charge in [0.05, 0.1) is 16.3 Å². The first-order valence-corrected chi connectivity index (χ1v) is 8.22. The normalized spacial score (nSPS) is 14.6. The zero-order valence-corrected chi connectivity index (χ0v) is 14.0. The third-order valence-electron chi connectivity index (χ3n) is 3.78. The van der Waals surface area contributed by atoms with E-state index in [9.17, 15) is 4.79 Å². The van der Waals surface area contributed by atoms with Crippen LogP contribution in [-0.2, 0) is 0 Å². The molecular weight excluding hydrogens is 333 g/mol. The van der Waals surface area contributed by atoms with Gasteiger partial charge in [-0.1, -0.05) is 29.3 Å². The van der Waals surface area contributed by atoms with Crippen molar-refractivity contribution in [3.05, 3.63) is 58.1 Å². The molecule has 3 rings (SSSR count). The average Bonchev–Trinajstić information content (AvgIpc) is 2.58. The molecule has 2 aromatic carbocycles. The zero-order chi connectivity index (χ0) is 16.2. The molecule has 1 aliphatic heterocycles. The minimum absolute atomic E-state index is 0.227. The quantitative estimate of drug-likeness (QED) is 0.888. The number of nitrogens with zero attached hydrogens (tertiary/aromatic N) is 1. The van der Waals surface area contributed by atoms with Gasteiger partial charge in [0, 0.05) is 36.9 Å². The second kappa shape index (κ2) is 7.21. The average molecular weight is 350 g/mol. The van der Waals surface area contributed by atoms with Crippen LogP contribution in [0.5, 0.6) is 0 Å². The van der Waals surface area contributed by atoms with Crippen molar-refractivity contribution < 1.29 is 4.79 Å². The molecule has 4 nitrogen and oxygen atoms in total. The summed E-state index contributed by atoms with van der Waals surface area (Å²) in [6.45, 7) is 3.58. The van der Waals surface area contributed by atoms with Crippen molar-refractivity contribution in [2.24, 2.45) is 0 Å². The minimum atomic E-state index is -0.227. The Bertz CT molecular complexity index is 697. The number of hydrogen-bond acceptors (Lipinski definition) is 3. The zero-order valence-electron chi connectivity index (χ0n) is 12.5. The van der Waals surface area contributed by atoms with E-state index in [1.807, 2.05) is 12.1 Å². The van der Waals surface area contributed by atoms with Crippen LogP contribution in [0.2, 0.25) is 10.0 Å². The summed E-state index contributed by atoms with van der Waals surface area (Å²) < 4.78 is 0. The lowest BCUT2D eigenvalue weighted by atomic mass is 10.1. The molecule has 0 aromatic heterocycles. The summed E-state index contributed by atoms with van der Waals surface area (Å²) in [4.78, 5) is 14.7. The number of carbonyl (C=O) groups excluding carboxylic acids is 1. The Kier molecular flexibility index (Phi) is 5.06. The van der Waals surface area contributed by atoms with Gasteiger partial charge in [-0.25, -0.2) is 0 Å². The van der Waals surface area contributed by atoms with E-state index in [1.54, 1.807) is 30.3 Å². The Morgan fingerprint density at radius 1 is 1.04 bits per heavy atom. The highest BCUT2D eigenvalue weighted by atomic mass is 35.5. The molecule has 0 atom stereocenters. The monoisotopic (exact) mass is 349 g/mol. The molecule has 1 saturated heterocycles. The van der Waals surface area contributed by atoms with Crippen LogP contribution in [0, 0.1) is 0 Å². The van der Waals surface area contributed by atoms with Gasteiger partial charge in [-0.2, -0.15) is 0 Å². The van der Waals surface area contributed by atoms with Crippen LogP contribution in [0.15, 0.2) is 42.5 Å². The third kappa shape index (κ3) is 3.78. The van der Waals surface area contributed by atoms with Crippen LogP contribution in [0.3, 0.4) is 0 Å². The summed E-state index contributed by atoms with van der Waals surface area (Å²) in [7, 11) is 0. The molecule has 6 heteroatoms. The van der Waals surface area contributed by atoms with Gasteiger partial charge in [0.2, 0.25) is 0 Å². The van der Waals surface area contributed by atoms with Crippen LogP contribution in [0.25, 0.3) is 0 Å². The number of benzene rings is 2. The molecule has 1 fully saturated rings. The topological polar surface area (TPSA) is 44.4 Å². The van der Waals surface area contributed by atoms with Gasteiger partial charge in [-0.15, -0.1) is 0 Å². The van der Waals surface area contributed by atoms with E-state index in [2.05, 4.69) is 15.5 Å². The van der Waals surface area contributed by atoms with E-state index in [1.165, 1.54) is 0 Å². The maximum atomic E-state index is 12.5. The lowest BCUT2D eigenvalue weighted by Crippen LogP contribution is -2.43. The molecule has 120 valence electrons. The standard InChI is InChI=1S/C17H17Cl2N3O/c18-12-4-6-13(7-5-12)21-17(23)14-2-1-3-15(16(14)19)22-10-8-20-9-11-22/h1-7,20H,8-11H2,(H,21,23). The number of rotatable bonds is 3. The van der Waals surface area contributed by atoms with Crippen LogP contribution >= 0.6 is 23.2 Å². The Morgan fingerprint density at radius 2 is 1.74 bits per heavy atom. The lowest BCUT2D eigenvalue weighted by molar-refractivity contribution is 0.102. The highest BCUT2D eigenvalue weighted by Gasteiger charge is 2.18. The summed E-state index contributed by atoms with van der Waals surface area (Å²) in [5.41, 5.74) is 2.05. The molecule has 0 aliphatic carbocycles. The summed E-state index contributed by atoms with van der Waals surface area (Å²) >= 11 is 12.3. The molecule has 0 bridgehead atoms. The maximum absolute atomic E-state index is 12.5. The van der Waals surface area contributed by atoms with Gasteiger partial charge in [-0.05, 0) is 36.4 Å². The Labute approximate surface area is 145 Å². The number of amides is 1. The predicted molar refractivity (Wildman–Crippen MR) is 95.9 cm³/mol. The molecule has 0 saturated carbocycles. The molecule has 0 radical (unpaired) electrons. The number of carbonyl (C=O) groups is 1. The van der Waals surface area contributed by atoms with Crippen LogP contribution in [0.1, 0.15) is 10.4 Å². The molecule has 23 heavy (non-hydrogen) atoms. The predicted octanol–water partition coefficient (Wildman–Crippen LogP) is 3.66. The molecular formula is C17H17Cl2N3O. The minimum Gasteiger partial charge on any atom is -0.368 e. The van der Waals surface area contributed by atoms with Crippen molar-refractivity contribution in [3.8, 4) is 0 Å². The van der Waals surface area contributed by atoms with Gasteiger partial charge in [0.1, 0.15) is 0 Å². The van der Waals surface area contributed by atoms with Gasteiger partial charge in [0.15, 0.2) is 0 Å². The largest absolute Gasteiger partial charge is 0.368 e. The van der Waals surface area contributed by atoms with Crippen LogP contribution < -0.4 is 15.5 Å². The summed E-state index contributed by atoms with van der Waals surface area (Å²) in [5.74, 6) is -0.227. The van der Waals surface area contributed by atoms with Crippen molar-refractivity contribution in [1.29, 1.82) is 0 Å².